The van der Waals surface area contributed by atoms with Crippen molar-refractivity contribution in [2.24, 2.45) is 0 Å². The van der Waals surface area contributed by atoms with E-state index in [1.807, 2.05) is 43.4 Å². The molecule has 0 bridgehead atoms. The number of para-hydroxylation sites is 1. The average Bonchev–Trinajstić information content (AvgIpc) is 2.35. The highest BCUT2D eigenvalue weighted by molar-refractivity contribution is 6.28. The summed E-state index contributed by atoms with van der Waals surface area (Å²) < 4.78 is 0.676. The van der Waals surface area contributed by atoms with Crippen LogP contribution in [0.1, 0.15) is 5.56 Å². The quantitative estimate of drug-likeness (QED) is 0.475. The van der Waals surface area contributed by atoms with Gasteiger partial charge in [-0.3, -0.25) is 0 Å². The molecule has 1 aromatic heterocycles. The number of pyridine rings is 1. The standard InChI is InChI=1S/C13H13ClN2O/c1-15(12-5-3-2-4-6-12)9-11-7-8-13(14)16(17)10-11/h2-8,10H,9H2,1H3. The molecule has 4 heteroatoms. The van der Waals surface area contributed by atoms with Crippen LogP contribution in [0.4, 0.5) is 5.69 Å². The van der Waals surface area contributed by atoms with Crippen molar-refractivity contribution in [1.29, 1.82) is 0 Å². The van der Waals surface area contributed by atoms with Crippen molar-refractivity contribution in [3.8, 4) is 0 Å². The number of hydrogen-bond acceptors (Lipinski definition) is 2. The number of rotatable bonds is 3. The molecular weight excluding hydrogens is 236 g/mol. The van der Waals surface area contributed by atoms with Gasteiger partial charge in [0, 0.05) is 30.9 Å². The Morgan fingerprint density at radius 2 is 1.88 bits per heavy atom. The van der Waals surface area contributed by atoms with E-state index in [2.05, 4.69) is 4.90 Å². The van der Waals surface area contributed by atoms with E-state index in [1.54, 1.807) is 6.07 Å². The van der Waals surface area contributed by atoms with E-state index in [0.29, 0.717) is 11.3 Å². The summed E-state index contributed by atoms with van der Waals surface area (Å²) in [6.45, 7) is 0.670. The van der Waals surface area contributed by atoms with Crippen LogP contribution in [0, 0.1) is 5.21 Å². The van der Waals surface area contributed by atoms with E-state index < -0.39 is 0 Å². The summed E-state index contributed by atoms with van der Waals surface area (Å²) in [7, 11) is 1.99. The van der Waals surface area contributed by atoms with Gasteiger partial charge < -0.3 is 10.1 Å². The molecule has 0 fully saturated rings. The maximum Gasteiger partial charge on any atom is 0.286 e. The predicted octanol–water partition coefficient (Wildman–Crippen LogP) is 2.61. The lowest BCUT2D eigenvalue weighted by atomic mass is 10.2. The van der Waals surface area contributed by atoms with Gasteiger partial charge in [-0.05, 0) is 29.8 Å². The van der Waals surface area contributed by atoms with E-state index in [9.17, 15) is 5.21 Å². The van der Waals surface area contributed by atoms with Gasteiger partial charge in [0.1, 0.15) is 0 Å². The first-order valence-electron chi connectivity index (χ1n) is 5.30. The molecule has 17 heavy (non-hydrogen) atoms. The van der Waals surface area contributed by atoms with Gasteiger partial charge in [0.05, 0.1) is 0 Å². The second-order valence-corrected chi connectivity index (χ2v) is 4.26. The third kappa shape index (κ3) is 2.88. The third-order valence-electron chi connectivity index (χ3n) is 2.55. The van der Waals surface area contributed by atoms with Gasteiger partial charge >= 0.3 is 0 Å². The summed E-state index contributed by atoms with van der Waals surface area (Å²) in [4.78, 5) is 2.07. The lowest BCUT2D eigenvalue weighted by Crippen LogP contribution is -2.28. The first-order chi connectivity index (χ1) is 8.16. The van der Waals surface area contributed by atoms with Crippen LogP contribution < -0.4 is 9.63 Å². The van der Waals surface area contributed by atoms with Crippen LogP contribution in [-0.2, 0) is 6.54 Å². The SMILES string of the molecule is CN(Cc1ccc(Cl)[n+]([O-])c1)c1ccccc1. The first-order valence-corrected chi connectivity index (χ1v) is 5.68. The Bertz CT molecular complexity index is 502. The Labute approximate surface area is 105 Å². The third-order valence-corrected chi connectivity index (χ3v) is 2.84. The molecule has 0 N–H and O–H groups in total. The summed E-state index contributed by atoms with van der Waals surface area (Å²) in [5.74, 6) is 0. The van der Waals surface area contributed by atoms with Gasteiger partial charge in [-0.2, -0.15) is 4.73 Å². The van der Waals surface area contributed by atoms with E-state index in [1.165, 1.54) is 6.20 Å². The molecule has 0 saturated heterocycles. The summed E-state index contributed by atoms with van der Waals surface area (Å²) in [6.07, 6.45) is 1.50. The second kappa shape index (κ2) is 5.06. The highest BCUT2D eigenvalue weighted by Gasteiger charge is 2.06. The number of aromatic nitrogens is 1. The minimum atomic E-state index is 0.191. The van der Waals surface area contributed by atoms with Gasteiger partial charge in [0.15, 0.2) is 6.20 Å². The monoisotopic (exact) mass is 248 g/mol. The topological polar surface area (TPSA) is 30.2 Å². The van der Waals surface area contributed by atoms with Gasteiger partial charge in [0.2, 0.25) is 0 Å². The number of benzene rings is 1. The maximum atomic E-state index is 11.3. The zero-order valence-corrected chi connectivity index (χ0v) is 10.3. The van der Waals surface area contributed by atoms with Crippen LogP contribution in [0.3, 0.4) is 0 Å². The van der Waals surface area contributed by atoms with Crippen LogP contribution in [-0.4, -0.2) is 7.05 Å². The zero-order valence-electron chi connectivity index (χ0n) is 9.51. The molecule has 2 aromatic rings. The highest BCUT2D eigenvalue weighted by Crippen LogP contribution is 2.14. The summed E-state index contributed by atoms with van der Waals surface area (Å²) in [6, 6.07) is 13.5. The molecule has 88 valence electrons. The molecule has 0 aliphatic carbocycles. The molecular formula is C13H13ClN2O. The normalized spacial score (nSPS) is 10.2. The van der Waals surface area contributed by atoms with Crippen molar-refractivity contribution in [3.63, 3.8) is 0 Å². The van der Waals surface area contributed by atoms with Gasteiger partial charge in [-0.15, -0.1) is 0 Å². The van der Waals surface area contributed by atoms with Gasteiger partial charge in [-0.1, -0.05) is 18.2 Å². The summed E-state index contributed by atoms with van der Waals surface area (Å²) in [5, 5.41) is 11.5. The van der Waals surface area contributed by atoms with Gasteiger partial charge in [-0.25, -0.2) is 0 Å². The fraction of sp³-hybridized carbons (Fsp3) is 0.154. The van der Waals surface area contributed by atoms with Crippen molar-refractivity contribution in [1.82, 2.24) is 0 Å². The van der Waals surface area contributed by atoms with E-state index in [-0.39, 0.29) is 5.15 Å². The van der Waals surface area contributed by atoms with E-state index in [4.69, 9.17) is 11.6 Å². The number of halogens is 1. The van der Waals surface area contributed by atoms with Crippen LogP contribution in [0.25, 0.3) is 0 Å². The number of hydrogen-bond donors (Lipinski definition) is 0. The van der Waals surface area contributed by atoms with Crippen LogP contribution >= 0.6 is 11.6 Å². The summed E-state index contributed by atoms with van der Waals surface area (Å²) >= 11 is 5.67. The van der Waals surface area contributed by atoms with Gasteiger partial charge in [0.25, 0.3) is 5.15 Å². The molecule has 0 radical (unpaired) electrons. The molecule has 1 heterocycles. The average molecular weight is 249 g/mol. The van der Waals surface area contributed by atoms with Crippen LogP contribution in [0.2, 0.25) is 5.15 Å². The highest BCUT2D eigenvalue weighted by atomic mass is 35.5. The Kier molecular flexibility index (Phi) is 3.49. The second-order valence-electron chi connectivity index (χ2n) is 3.88. The van der Waals surface area contributed by atoms with Crippen molar-refractivity contribution in [3.05, 3.63) is 64.6 Å². The molecule has 0 atom stereocenters. The Morgan fingerprint density at radius 1 is 1.18 bits per heavy atom. The smallest absolute Gasteiger partial charge is 0.286 e. The maximum absolute atomic E-state index is 11.3. The van der Waals surface area contributed by atoms with Crippen molar-refractivity contribution in [2.75, 3.05) is 11.9 Å². The predicted molar refractivity (Wildman–Crippen MR) is 69.0 cm³/mol. The molecule has 0 aliphatic heterocycles. The molecule has 1 aromatic carbocycles. The lowest BCUT2D eigenvalue weighted by Gasteiger charge is -2.18. The summed E-state index contributed by atoms with van der Waals surface area (Å²) in [5.41, 5.74) is 2.04. The molecule has 0 amide bonds. The Morgan fingerprint density at radius 3 is 2.53 bits per heavy atom. The van der Waals surface area contributed by atoms with Crippen LogP contribution in [0.5, 0.6) is 0 Å². The van der Waals surface area contributed by atoms with E-state index >= 15 is 0 Å². The number of anilines is 1. The van der Waals surface area contributed by atoms with Crippen molar-refractivity contribution in [2.45, 2.75) is 6.54 Å². The first kappa shape index (κ1) is 11.7. The fourth-order valence-electron chi connectivity index (χ4n) is 1.65. The van der Waals surface area contributed by atoms with E-state index in [0.717, 1.165) is 11.3 Å². The molecule has 0 saturated carbocycles. The molecule has 0 unspecified atom stereocenters. The molecule has 0 spiro atoms. The van der Waals surface area contributed by atoms with Crippen molar-refractivity contribution < 1.29 is 4.73 Å². The minimum absolute atomic E-state index is 0.191. The largest absolute Gasteiger partial charge is 0.618 e. The molecule has 2 rings (SSSR count). The fourth-order valence-corrected chi connectivity index (χ4v) is 1.76. The lowest BCUT2D eigenvalue weighted by molar-refractivity contribution is -0.603. The Hall–Kier alpha value is -1.74. The van der Waals surface area contributed by atoms with Crippen LogP contribution in [0.15, 0.2) is 48.7 Å². The molecule has 0 aliphatic rings. The molecule has 3 nitrogen and oxygen atoms in total. The Balaban J connectivity index is 2.13. The number of nitrogens with zero attached hydrogens (tertiary/aromatic N) is 2. The minimum Gasteiger partial charge on any atom is -0.618 e. The van der Waals surface area contributed by atoms with Crippen molar-refractivity contribution >= 4 is 17.3 Å². The zero-order chi connectivity index (χ0) is 12.3.